The number of amides is 2. The number of nitrogens with one attached hydrogen (secondary N) is 2. The van der Waals surface area contributed by atoms with Gasteiger partial charge in [0.05, 0.1) is 0 Å². The second kappa shape index (κ2) is 7.21. The predicted octanol–water partition coefficient (Wildman–Crippen LogP) is 1.47. The van der Waals surface area contributed by atoms with E-state index in [1.54, 1.807) is 36.3 Å². The zero-order valence-corrected chi connectivity index (χ0v) is 12.1. The monoisotopic (exact) mass is 303 g/mol. The maximum absolute atomic E-state index is 11.7. The standard InChI is InChI=1S/C14H17N5O3/c1-19-9-16-13(18-19)10-4-2-5-11(8-10)17-14(22)15-7-3-6-12(20)21/h2,4-5,8-9H,3,6-7H2,1H3,(H,20,21)(H2,15,17,22). The highest BCUT2D eigenvalue weighted by molar-refractivity contribution is 5.89. The van der Waals surface area contributed by atoms with Crippen LogP contribution in [0.2, 0.25) is 0 Å². The van der Waals surface area contributed by atoms with Gasteiger partial charge in [-0.1, -0.05) is 12.1 Å². The molecule has 0 saturated heterocycles. The van der Waals surface area contributed by atoms with Gasteiger partial charge in [-0.3, -0.25) is 9.48 Å². The molecular weight excluding hydrogens is 286 g/mol. The number of carbonyl (C=O) groups excluding carboxylic acids is 1. The molecule has 8 heteroatoms. The maximum atomic E-state index is 11.7. The summed E-state index contributed by atoms with van der Waals surface area (Å²) in [4.78, 5) is 26.2. The number of carboxylic acids is 1. The first kappa shape index (κ1) is 15.5. The molecule has 0 aliphatic carbocycles. The summed E-state index contributed by atoms with van der Waals surface area (Å²) in [6, 6.07) is 6.79. The third-order valence-corrected chi connectivity index (χ3v) is 2.83. The number of nitrogens with zero attached hydrogens (tertiary/aromatic N) is 3. The average molecular weight is 303 g/mol. The quantitative estimate of drug-likeness (QED) is 0.700. The number of carboxylic acid groups (broad SMARTS) is 1. The number of hydrogen-bond donors (Lipinski definition) is 3. The number of carbonyl (C=O) groups is 2. The summed E-state index contributed by atoms with van der Waals surface area (Å²) in [6.07, 6.45) is 2.02. The minimum absolute atomic E-state index is 0.0289. The van der Waals surface area contributed by atoms with Gasteiger partial charge >= 0.3 is 12.0 Å². The second-order valence-corrected chi connectivity index (χ2v) is 4.70. The Morgan fingerprint density at radius 3 is 2.86 bits per heavy atom. The van der Waals surface area contributed by atoms with Crippen molar-refractivity contribution < 1.29 is 14.7 Å². The number of urea groups is 1. The van der Waals surface area contributed by atoms with Gasteiger partial charge < -0.3 is 15.7 Å². The lowest BCUT2D eigenvalue weighted by molar-refractivity contribution is -0.137. The van der Waals surface area contributed by atoms with E-state index in [1.165, 1.54) is 0 Å². The number of aryl methyl sites for hydroxylation is 1. The van der Waals surface area contributed by atoms with Crippen molar-refractivity contribution >= 4 is 17.7 Å². The molecule has 0 bridgehead atoms. The van der Waals surface area contributed by atoms with Crippen molar-refractivity contribution in [3.05, 3.63) is 30.6 Å². The molecule has 2 rings (SSSR count). The maximum Gasteiger partial charge on any atom is 0.319 e. The van der Waals surface area contributed by atoms with Gasteiger partial charge in [-0.25, -0.2) is 9.78 Å². The molecule has 1 aromatic heterocycles. The van der Waals surface area contributed by atoms with E-state index in [9.17, 15) is 9.59 Å². The molecule has 0 atom stereocenters. The lowest BCUT2D eigenvalue weighted by Crippen LogP contribution is -2.29. The fourth-order valence-electron chi connectivity index (χ4n) is 1.82. The Hall–Kier alpha value is -2.90. The number of rotatable bonds is 6. The molecule has 0 saturated carbocycles. The van der Waals surface area contributed by atoms with Crippen LogP contribution in [0, 0.1) is 0 Å². The van der Waals surface area contributed by atoms with E-state index in [4.69, 9.17) is 5.11 Å². The normalized spacial score (nSPS) is 10.2. The molecule has 0 unspecified atom stereocenters. The van der Waals surface area contributed by atoms with E-state index in [1.807, 2.05) is 6.07 Å². The van der Waals surface area contributed by atoms with Gasteiger partial charge in [0.15, 0.2) is 5.82 Å². The first-order valence-corrected chi connectivity index (χ1v) is 6.77. The molecule has 22 heavy (non-hydrogen) atoms. The highest BCUT2D eigenvalue weighted by Gasteiger charge is 2.06. The van der Waals surface area contributed by atoms with Gasteiger partial charge in [-0.05, 0) is 18.6 Å². The molecule has 116 valence electrons. The number of aliphatic carboxylic acids is 1. The van der Waals surface area contributed by atoms with Crippen molar-refractivity contribution in [2.75, 3.05) is 11.9 Å². The Morgan fingerprint density at radius 2 is 2.18 bits per heavy atom. The largest absolute Gasteiger partial charge is 0.481 e. The highest BCUT2D eigenvalue weighted by Crippen LogP contribution is 2.18. The van der Waals surface area contributed by atoms with Crippen LogP contribution in [0.5, 0.6) is 0 Å². The average Bonchev–Trinajstić information content (AvgIpc) is 2.90. The molecular formula is C14H17N5O3. The Morgan fingerprint density at radius 1 is 1.36 bits per heavy atom. The van der Waals surface area contributed by atoms with Crippen molar-refractivity contribution in [2.45, 2.75) is 12.8 Å². The van der Waals surface area contributed by atoms with E-state index in [0.29, 0.717) is 24.5 Å². The van der Waals surface area contributed by atoms with Gasteiger partial charge in [-0.2, -0.15) is 5.10 Å². The predicted molar refractivity (Wildman–Crippen MR) is 80.3 cm³/mol. The highest BCUT2D eigenvalue weighted by atomic mass is 16.4. The van der Waals surface area contributed by atoms with Crippen LogP contribution in [0.1, 0.15) is 12.8 Å². The lowest BCUT2D eigenvalue weighted by atomic mass is 10.2. The van der Waals surface area contributed by atoms with Crippen molar-refractivity contribution in [3.8, 4) is 11.4 Å². The van der Waals surface area contributed by atoms with E-state index < -0.39 is 5.97 Å². The van der Waals surface area contributed by atoms with Crippen LogP contribution in [-0.2, 0) is 11.8 Å². The van der Waals surface area contributed by atoms with Crippen LogP contribution < -0.4 is 10.6 Å². The van der Waals surface area contributed by atoms with Gasteiger partial charge in [0.25, 0.3) is 0 Å². The molecule has 1 aromatic carbocycles. The molecule has 0 aliphatic rings. The Balaban J connectivity index is 1.90. The van der Waals surface area contributed by atoms with Crippen LogP contribution in [-0.4, -0.2) is 38.4 Å². The smallest absolute Gasteiger partial charge is 0.319 e. The molecule has 0 radical (unpaired) electrons. The molecule has 0 fully saturated rings. The van der Waals surface area contributed by atoms with Gasteiger partial charge in [0, 0.05) is 31.3 Å². The Labute approximate surface area is 127 Å². The van der Waals surface area contributed by atoms with E-state index >= 15 is 0 Å². The topological polar surface area (TPSA) is 109 Å². The summed E-state index contributed by atoms with van der Waals surface area (Å²) >= 11 is 0. The minimum atomic E-state index is -0.877. The van der Waals surface area contributed by atoms with Crippen LogP contribution in [0.25, 0.3) is 11.4 Å². The zero-order chi connectivity index (χ0) is 15.9. The number of aromatic nitrogens is 3. The third kappa shape index (κ3) is 4.58. The Kier molecular flexibility index (Phi) is 5.07. The number of hydrogen-bond acceptors (Lipinski definition) is 4. The summed E-state index contributed by atoms with van der Waals surface area (Å²) in [6.45, 7) is 0.305. The minimum Gasteiger partial charge on any atom is -0.481 e. The lowest BCUT2D eigenvalue weighted by Gasteiger charge is -2.07. The van der Waals surface area contributed by atoms with E-state index in [2.05, 4.69) is 20.7 Å². The SMILES string of the molecule is Cn1cnc(-c2cccc(NC(=O)NCCCC(=O)O)c2)n1. The number of anilines is 1. The fourth-order valence-corrected chi connectivity index (χ4v) is 1.82. The molecule has 0 spiro atoms. The van der Waals surface area contributed by atoms with E-state index in [0.717, 1.165) is 5.56 Å². The number of benzene rings is 1. The van der Waals surface area contributed by atoms with Gasteiger partial charge in [-0.15, -0.1) is 0 Å². The zero-order valence-electron chi connectivity index (χ0n) is 12.1. The van der Waals surface area contributed by atoms with Crippen LogP contribution in [0.15, 0.2) is 30.6 Å². The van der Waals surface area contributed by atoms with Crippen LogP contribution >= 0.6 is 0 Å². The first-order chi connectivity index (χ1) is 10.5. The summed E-state index contributed by atoms with van der Waals surface area (Å²) in [7, 11) is 1.78. The first-order valence-electron chi connectivity index (χ1n) is 6.77. The van der Waals surface area contributed by atoms with Crippen molar-refractivity contribution in [1.82, 2.24) is 20.1 Å². The van der Waals surface area contributed by atoms with Crippen molar-refractivity contribution in [3.63, 3.8) is 0 Å². The summed E-state index contributed by atoms with van der Waals surface area (Å²) in [5.74, 6) is -0.300. The van der Waals surface area contributed by atoms with Crippen molar-refractivity contribution in [1.29, 1.82) is 0 Å². The fraction of sp³-hybridized carbons (Fsp3) is 0.286. The van der Waals surface area contributed by atoms with Crippen LogP contribution in [0.4, 0.5) is 10.5 Å². The van der Waals surface area contributed by atoms with Crippen LogP contribution in [0.3, 0.4) is 0 Å². The Bertz CT molecular complexity index is 668. The molecule has 2 amide bonds. The molecule has 8 nitrogen and oxygen atoms in total. The summed E-state index contributed by atoms with van der Waals surface area (Å²) < 4.78 is 1.60. The van der Waals surface area contributed by atoms with Gasteiger partial charge in [0.1, 0.15) is 6.33 Å². The third-order valence-electron chi connectivity index (χ3n) is 2.83. The molecule has 2 aromatic rings. The second-order valence-electron chi connectivity index (χ2n) is 4.70. The van der Waals surface area contributed by atoms with E-state index in [-0.39, 0.29) is 12.5 Å². The summed E-state index contributed by atoms with van der Waals surface area (Å²) in [5.41, 5.74) is 1.41. The van der Waals surface area contributed by atoms with Gasteiger partial charge in [0.2, 0.25) is 0 Å². The molecule has 0 aliphatic heterocycles. The molecule has 3 N–H and O–H groups in total. The molecule has 1 heterocycles. The summed E-state index contributed by atoms with van der Waals surface area (Å²) in [5, 5.41) is 18.0. The van der Waals surface area contributed by atoms with Crippen molar-refractivity contribution in [2.24, 2.45) is 7.05 Å².